The molecule has 4 heteroatoms. The van der Waals surface area contributed by atoms with Crippen LogP contribution in [0.4, 0.5) is 5.69 Å². The third kappa shape index (κ3) is 3.37. The fraction of sp³-hybridized carbons (Fsp3) is 0.222. The number of Topliss-reactive ketones (excluding diaryl/α,β-unsaturated/α-hetero) is 1. The SMILES string of the molecule is CC(=O)N(CC(=O)c1ccccc1)c1c(C)ccc(Cl)c1C. The molecule has 114 valence electrons. The highest BCUT2D eigenvalue weighted by Gasteiger charge is 2.21. The summed E-state index contributed by atoms with van der Waals surface area (Å²) in [5.74, 6) is -0.285. The van der Waals surface area contributed by atoms with E-state index in [1.807, 2.05) is 26.0 Å². The molecule has 0 unspecified atom stereocenters. The van der Waals surface area contributed by atoms with Gasteiger partial charge in [-0.15, -0.1) is 0 Å². The second-order valence-corrected chi connectivity index (χ2v) is 5.64. The molecule has 0 aliphatic heterocycles. The summed E-state index contributed by atoms with van der Waals surface area (Å²) in [6, 6.07) is 12.6. The Bertz CT molecular complexity index is 711. The first-order valence-corrected chi connectivity index (χ1v) is 7.41. The fourth-order valence-electron chi connectivity index (χ4n) is 2.43. The molecule has 0 saturated heterocycles. The number of halogens is 1. The van der Waals surface area contributed by atoms with Gasteiger partial charge in [0.15, 0.2) is 5.78 Å². The second-order valence-electron chi connectivity index (χ2n) is 5.23. The largest absolute Gasteiger partial charge is 0.304 e. The predicted molar refractivity (Wildman–Crippen MR) is 89.7 cm³/mol. The lowest BCUT2D eigenvalue weighted by atomic mass is 10.1. The molecule has 3 nitrogen and oxygen atoms in total. The molecule has 0 aliphatic carbocycles. The zero-order valence-electron chi connectivity index (χ0n) is 12.9. The molecule has 0 fully saturated rings. The third-order valence-electron chi connectivity index (χ3n) is 3.61. The highest BCUT2D eigenvalue weighted by atomic mass is 35.5. The Morgan fingerprint density at radius 2 is 1.68 bits per heavy atom. The van der Waals surface area contributed by atoms with Crippen molar-refractivity contribution in [1.29, 1.82) is 0 Å². The Morgan fingerprint density at radius 1 is 1.05 bits per heavy atom. The maximum Gasteiger partial charge on any atom is 0.224 e. The van der Waals surface area contributed by atoms with Gasteiger partial charge in [0.1, 0.15) is 0 Å². The predicted octanol–water partition coefficient (Wildman–Crippen LogP) is 4.19. The standard InChI is InChI=1S/C18H18ClNO2/c1-12-9-10-16(19)13(2)18(12)20(14(3)21)11-17(22)15-7-5-4-6-8-15/h4-10H,11H2,1-3H3. The quantitative estimate of drug-likeness (QED) is 0.793. The molecule has 2 aromatic rings. The van der Waals surface area contributed by atoms with Crippen LogP contribution in [0.2, 0.25) is 5.02 Å². The molecule has 0 radical (unpaired) electrons. The Balaban J connectivity index is 2.39. The Kier molecular flexibility index (Phi) is 4.99. The summed E-state index contributed by atoms with van der Waals surface area (Å²) in [5, 5.41) is 0.582. The number of aryl methyl sites for hydroxylation is 1. The molecule has 0 saturated carbocycles. The van der Waals surface area contributed by atoms with E-state index < -0.39 is 0 Å². The summed E-state index contributed by atoms with van der Waals surface area (Å²) in [5.41, 5.74) is 3.02. The van der Waals surface area contributed by atoms with E-state index in [1.165, 1.54) is 11.8 Å². The topological polar surface area (TPSA) is 37.4 Å². The number of rotatable bonds is 4. The van der Waals surface area contributed by atoms with Crippen molar-refractivity contribution in [2.75, 3.05) is 11.4 Å². The van der Waals surface area contributed by atoms with Crippen LogP contribution in [0.15, 0.2) is 42.5 Å². The zero-order chi connectivity index (χ0) is 16.3. The average molecular weight is 316 g/mol. The summed E-state index contributed by atoms with van der Waals surface area (Å²) in [7, 11) is 0. The summed E-state index contributed by atoms with van der Waals surface area (Å²) in [6.45, 7) is 5.22. The van der Waals surface area contributed by atoms with E-state index >= 15 is 0 Å². The number of hydrogen-bond donors (Lipinski definition) is 0. The van der Waals surface area contributed by atoms with Crippen molar-refractivity contribution >= 4 is 29.0 Å². The van der Waals surface area contributed by atoms with E-state index in [1.54, 1.807) is 30.3 Å². The van der Waals surface area contributed by atoms with Gasteiger partial charge in [0, 0.05) is 17.5 Å². The monoisotopic (exact) mass is 315 g/mol. The lowest BCUT2D eigenvalue weighted by Crippen LogP contribution is -2.35. The number of carbonyl (C=O) groups excluding carboxylic acids is 2. The van der Waals surface area contributed by atoms with E-state index in [0.29, 0.717) is 16.3 Å². The minimum Gasteiger partial charge on any atom is -0.304 e. The van der Waals surface area contributed by atoms with Crippen molar-refractivity contribution in [2.45, 2.75) is 20.8 Å². The van der Waals surface area contributed by atoms with Crippen LogP contribution in [-0.2, 0) is 4.79 Å². The molecule has 0 N–H and O–H groups in total. The maximum absolute atomic E-state index is 12.4. The first kappa shape index (κ1) is 16.2. The molecule has 2 aromatic carbocycles. The van der Waals surface area contributed by atoms with Crippen molar-refractivity contribution in [3.05, 3.63) is 64.2 Å². The lowest BCUT2D eigenvalue weighted by Gasteiger charge is -2.25. The van der Waals surface area contributed by atoms with Gasteiger partial charge in [-0.3, -0.25) is 9.59 Å². The number of ketones is 1. The molecule has 0 spiro atoms. The van der Waals surface area contributed by atoms with E-state index in [-0.39, 0.29) is 18.2 Å². The number of amides is 1. The van der Waals surface area contributed by atoms with Crippen LogP contribution in [0.1, 0.15) is 28.4 Å². The zero-order valence-corrected chi connectivity index (χ0v) is 13.6. The average Bonchev–Trinajstić information content (AvgIpc) is 2.51. The van der Waals surface area contributed by atoms with Crippen LogP contribution in [0.5, 0.6) is 0 Å². The first-order chi connectivity index (χ1) is 10.4. The van der Waals surface area contributed by atoms with Crippen molar-refractivity contribution in [2.24, 2.45) is 0 Å². The molecule has 0 aromatic heterocycles. The van der Waals surface area contributed by atoms with E-state index in [9.17, 15) is 9.59 Å². The van der Waals surface area contributed by atoms with Gasteiger partial charge in [0.25, 0.3) is 0 Å². The third-order valence-corrected chi connectivity index (χ3v) is 4.02. The summed E-state index contributed by atoms with van der Waals surface area (Å²) in [4.78, 5) is 26.0. The molecule has 0 aliphatic rings. The van der Waals surface area contributed by atoms with Gasteiger partial charge in [-0.1, -0.05) is 48.0 Å². The van der Waals surface area contributed by atoms with Crippen molar-refractivity contribution in [3.63, 3.8) is 0 Å². The highest BCUT2D eigenvalue weighted by molar-refractivity contribution is 6.32. The second kappa shape index (κ2) is 6.75. The maximum atomic E-state index is 12.4. The number of carbonyl (C=O) groups is 2. The first-order valence-electron chi connectivity index (χ1n) is 7.04. The molecule has 0 heterocycles. The van der Waals surface area contributed by atoms with Crippen LogP contribution >= 0.6 is 11.6 Å². The molecular formula is C18H18ClNO2. The van der Waals surface area contributed by atoms with Crippen LogP contribution in [0.3, 0.4) is 0 Å². The Hall–Kier alpha value is -2.13. The van der Waals surface area contributed by atoms with Gasteiger partial charge in [-0.05, 0) is 31.0 Å². The Labute approximate surface area is 135 Å². The highest BCUT2D eigenvalue weighted by Crippen LogP contribution is 2.30. The lowest BCUT2D eigenvalue weighted by molar-refractivity contribution is -0.116. The molecule has 22 heavy (non-hydrogen) atoms. The van der Waals surface area contributed by atoms with Gasteiger partial charge in [0.2, 0.25) is 5.91 Å². The van der Waals surface area contributed by atoms with Gasteiger partial charge < -0.3 is 4.90 Å². The molecule has 0 atom stereocenters. The van der Waals surface area contributed by atoms with Crippen LogP contribution in [-0.4, -0.2) is 18.2 Å². The van der Waals surface area contributed by atoms with Crippen molar-refractivity contribution in [3.8, 4) is 0 Å². The van der Waals surface area contributed by atoms with Crippen LogP contribution in [0, 0.1) is 13.8 Å². The fourth-order valence-corrected chi connectivity index (χ4v) is 2.59. The van der Waals surface area contributed by atoms with Crippen LogP contribution < -0.4 is 4.90 Å². The van der Waals surface area contributed by atoms with Gasteiger partial charge >= 0.3 is 0 Å². The summed E-state index contributed by atoms with van der Waals surface area (Å²) < 4.78 is 0. The smallest absolute Gasteiger partial charge is 0.224 e. The number of nitrogens with zero attached hydrogens (tertiary/aromatic N) is 1. The van der Waals surface area contributed by atoms with E-state index in [4.69, 9.17) is 11.6 Å². The summed E-state index contributed by atoms with van der Waals surface area (Å²) in [6.07, 6.45) is 0. The Morgan fingerprint density at radius 3 is 2.27 bits per heavy atom. The van der Waals surface area contributed by atoms with Crippen molar-refractivity contribution in [1.82, 2.24) is 0 Å². The van der Waals surface area contributed by atoms with Gasteiger partial charge in [0.05, 0.1) is 12.2 Å². The molecule has 2 rings (SSSR count). The number of anilines is 1. The molecule has 0 bridgehead atoms. The minimum absolute atomic E-state index is 0.00136. The van der Waals surface area contributed by atoms with Gasteiger partial charge in [-0.25, -0.2) is 0 Å². The van der Waals surface area contributed by atoms with Gasteiger partial charge in [-0.2, -0.15) is 0 Å². The normalized spacial score (nSPS) is 10.4. The number of hydrogen-bond acceptors (Lipinski definition) is 2. The van der Waals surface area contributed by atoms with E-state index in [0.717, 1.165) is 11.1 Å². The van der Waals surface area contributed by atoms with E-state index in [2.05, 4.69) is 0 Å². The minimum atomic E-state index is -0.183. The molecule has 1 amide bonds. The summed E-state index contributed by atoms with van der Waals surface area (Å²) >= 11 is 6.17. The van der Waals surface area contributed by atoms with Crippen molar-refractivity contribution < 1.29 is 9.59 Å². The van der Waals surface area contributed by atoms with Crippen LogP contribution in [0.25, 0.3) is 0 Å². The molecular weight excluding hydrogens is 298 g/mol. The number of benzene rings is 2.